The Bertz CT molecular complexity index is 692. The van der Waals surface area contributed by atoms with E-state index in [2.05, 4.69) is 39.0 Å². The zero-order valence-electron chi connectivity index (χ0n) is 15.1. The van der Waals surface area contributed by atoms with Crippen LogP contribution >= 0.6 is 0 Å². The van der Waals surface area contributed by atoms with Crippen molar-refractivity contribution < 1.29 is 4.79 Å². The van der Waals surface area contributed by atoms with Gasteiger partial charge in [-0.05, 0) is 38.1 Å². The van der Waals surface area contributed by atoms with E-state index in [1.165, 1.54) is 5.69 Å². The molecule has 3 rings (SSSR count). The molecule has 5 heteroatoms. The molecule has 0 saturated carbocycles. The third-order valence-electron chi connectivity index (χ3n) is 4.78. The molecule has 0 radical (unpaired) electrons. The van der Waals surface area contributed by atoms with Crippen LogP contribution in [0.3, 0.4) is 0 Å². The second-order valence-electron chi connectivity index (χ2n) is 6.19. The van der Waals surface area contributed by atoms with E-state index in [9.17, 15) is 4.79 Å². The lowest BCUT2D eigenvalue weighted by atomic mass is 10.2. The number of anilines is 2. The van der Waals surface area contributed by atoms with Crippen molar-refractivity contribution in [2.75, 3.05) is 49.1 Å². The highest BCUT2D eigenvalue weighted by Crippen LogP contribution is 2.21. The lowest BCUT2D eigenvalue weighted by Crippen LogP contribution is -2.46. The highest BCUT2D eigenvalue weighted by molar-refractivity contribution is 5.93. The summed E-state index contributed by atoms with van der Waals surface area (Å²) in [4.78, 5) is 23.3. The summed E-state index contributed by atoms with van der Waals surface area (Å²) in [7, 11) is 0. The average molecular weight is 338 g/mol. The van der Waals surface area contributed by atoms with Crippen LogP contribution in [0.5, 0.6) is 0 Å². The van der Waals surface area contributed by atoms with Crippen LogP contribution in [0.15, 0.2) is 48.7 Å². The first-order valence-corrected chi connectivity index (χ1v) is 9.03. The Hall–Kier alpha value is -2.56. The lowest BCUT2D eigenvalue weighted by Gasteiger charge is -2.37. The van der Waals surface area contributed by atoms with Gasteiger partial charge < -0.3 is 14.7 Å². The number of para-hydroxylation sites is 1. The first-order chi connectivity index (χ1) is 12.2. The number of rotatable bonds is 5. The topological polar surface area (TPSA) is 39.7 Å². The van der Waals surface area contributed by atoms with E-state index < -0.39 is 0 Å². The summed E-state index contributed by atoms with van der Waals surface area (Å²) >= 11 is 0. The van der Waals surface area contributed by atoms with E-state index in [1.807, 2.05) is 32.0 Å². The number of amides is 1. The van der Waals surface area contributed by atoms with E-state index in [4.69, 9.17) is 0 Å². The second kappa shape index (κ2) is 8.01. The van der Waals surface area contributed by atoms with Crippen LogP contribution in [-0.2, 0) is 0 Å². The maximum atomic E-state index is 12.5. The molecule has 25 heavy (non-hydrogen) atoms. The van der Waals surface area contributed by atoms with Crippen LogP contribution in [0, 0.1) is 0 Å². The molecule has 0 unspecified atom stereocenters. The Balaban J connectivity index is 1.67. The van der Waals surface area contributed by atoms with Crippen molar-refractivity contribution in [1.82, 2.24) is 9.88 Å². The molecule has 0 spiro atoms. The second-order valence-corrected chi connectivity index (χ2v) is 6.19. The molecule has 1 aliphatic rings. The quantitative estimate of drug-likeness (QED) is 0.840. The Morgan fingerprint density at radius 3 is 2.16 bits per heavy atom. The summed E-state index contributed by atoms with van der Waals surface area (Å²) in [6.07, 6.45) is 1.75. The molecule has 0 bridgehead atoms. The Kier molecular flexibility index (Phi) is 5.53. The number of benzene rings is 1. The number of aromatic nitrogens is 1. The molecule has 0 atom stereocenters. The van der Waals surface area contributed by atoms with Gasteiger partial charge in [0, 0.05) is 56.8 Å². The smallest absolute Gasteiger partial charge is 0.272 e. The van der Waals surface area contributed by atoms with Gasteiger partial charge in [-0.3, -0.25) is 9.78 Å². The standard InChI is InChI=1S/C20H26N4O/c1-3-22(4-2)20(25)19-16-18(10-11-21-19)24-14-12-23(13-15-24)17-8-6-5-7-9-17/h5-11,16H,3-4,12-15H2,1-2H3. The summed E-state index contributed by atoms with van der Waals surface area (Å²) in [6, 6.07) is 14.4. The lowest BCUT2D eigenvalue weighted by molar-refractivity contribution is 0.0767. The monoisotopic (exact) mass is 338 g/mol. The SMILES string of the molecule is CCN(CC)C(=O)c1cc(N2CCN(c3ccccc3)CC2)ccn1. The number of hydrogen-bond acceptors (Lipinski definition) is 4. The highest BCUT2D eigenvalue weighted by atomic mass is 16.2. The maximum Gasteiger partial charge on any atom is 0.272 e. The van der Waals surface area contributed by atoms with Gasteiger partial charge in [0.1, 0.15) is 5.69 Å². The van der Waals surface area contributed by atoms with Crippen molar-refractivity contribution in [3.8, 4) is 0 Å². The molecular formula is C20H26N4O. The van der Waals surface area contributed by atoms with Gasteiger partial charge in [0.15, 0.2) is 0 Å². The van der Waals surface area contributed by atoms with Crippen LogP contribution in [0.25, 0.3) is 0 Å². The summed E-state index contributed by atoms with van der Waals surface area (Å²) in [5.41, 5.74) is 2.89. The van der Waals surface area contributed by atoms with Crippen LogP contribution in [-0.4, -0.2) is 55.1 Å². The number of piperazine rings is 1. The minimum atomic E-state index is 0.00905. The van der Waals surface area contributed by atoms with Crippen LogP contribution in [0.4, 0.5) is 11.4 Å². The van der Waals surface area contributed by atoms with Crippen molar-refractivity contribution in [3.63, 3.8) is 0 Å². The molecule has 0 aliphatic carbocycles. The van der Waals surface area contributed by atoms with Crippen molar-refractivity contribution in [1.29, 1.82) is 0 Å². The molecular weight excluding hydrogens is 312 g/mol. The summed E-state index contributed by atoms with van der Waals surface area (Å²) in [5.74, 6) is 0.00905. The number of carbonyl (C=O) groups excluding carboxylic acids is 1. The molecule has 1 saturated heterocycles. The van der Waals surface area contributed by atoms with E-state index in [0.717, 1.165) is 31.9 Å². The van der Waals surface area contributed by atoms with Gasteiger partial charge in [0.2, 0.25) is 0 Å². The van der Waals surface area contributed by atoms with Gasteiger partial charge in [-0.15, -0.1) is 0 Å². The molecule has 132 valence electrons. The third-order valence-corrected chi connectivity index (χ3v) is 4.78. The van der Waals surface area contributed by atoms with Crippen molar-refractivity contribution in [2.45, 2.75) is 13.8 Å². The fourth-order valence-electron chi connectivity index (χ4n) is 3.27. The van der Waals surface area contributed by atoms with Crippen molar-refractivity contribution >= 4 is 17.3 Å². The predicted octanol–water partition coefficient (Wildman–Crippen LogP) is 2.89. The summed E-state index contributed by atoms with van der Waals surface area (Å²) in [5, 5.41) is 0. The molecule has 1 amide bonds. The minimum absolute atomic E-state index is 0.00905. The zero-order chi connectivity index (χ0) is 17.6. The minimum Gasteiger partial charge on any atom is -0.368 e. The first kappa shape index (κ1) is 17.3. The van der Waals surface area contributed by atoms with Crippen molar-refractivity contribution in [2.24, 2.45) is 0 Å². The predicted molar refractivity (Wildman–Crippen MR) is 102 cm³/mol. The number of nitrogens with zero attached hydrogens (tertiary/aromatic N) is 4. The van der Waals surface area contributed by atoms with Gasteiger partial charge in [-0.1, -0.05) is 18.2 Å². The number of hydrogen-bond donors (Lipinski definition) is 0. The normalized spacial score (nSPS) is 14.5. The van der Waals surface area contributed by atoms with Gasteiger partial charge in [-0.25, -0.2) is 0 Å². The van der Waals surface area contributed by atoms with Gasteiger partial charge in [0.05, 0.1) is 0 Å². The van der Waals surface area contributed by atoms with E-state index in [0.29, 0.717) is 18.8 Å². The van der Waals surface area contributed by atoms with Crippen LogP contribution in [0.2, 0.25) is 0 Å². The van der Waals surface area contributed by atoms with E-state index >= 15 is 0 Å². The Labute approximate surface area is 149 Å². The van der Waals surface area contributed by atoms with Gasteiger partial charge in [0.25, 0.3) is 5.91 Å². The molecule has 5 nitrogen and oxygen atoms in total. The first-order valence-electron chi connectivity index (χ1n) is 9.03. The Morgan fingerprint density at radius 2 is 1.56 bits per heavy atom. The van der Waals surface area contributed by atoms with Crippen LogP contribution in [0.1, 0.15) is 24.3 Å². The fourth-order valence-corrected chi connectivity index (χ4v) is 3.27. The average Bonchev–Trinajstić information content (AvgIpc) is 2.70. The van der Waals surface area contributed by atoms with E-state index in [-0.39, 0.29) is 5.91 Å². The number of carbonyl (C=O) groups is 1. The largest absolute Gasteiger partial charge is 0.368 e. The summed E-state index contributed by atoms with van der Waals surface area (Å²) < 4.78 is 0. The van der Waals surface area contributed by atoms with Crippen LogP contribution < -0.4 is 9.80 Å². The highest BCUT2D eigenvalue weighted by Gasteiger charge is 2.20. The zero-order valence-corrected chi connectivity index (χ0v) is 15.1. The molecule has 1 aromatic heterocycles. The van der Waals surface area contributed by atoms with Gasteiger partial charge in [-0.2, -0.15) is 0 Å². The molecule has 0 N–H and O–H groups in total. The molecule has 1 aromatic carbocycles. The molecule has 2 heterocycles. The van der Waals surface area contributed by atoms with Crippen molar-refractivity contribution in [3.05, 3.63) is 54.4 Å². The molecule has 1 fully saturated rings. The van der Waals surface area contributed by atoms with Gasteiger partial charge >= 0.3 is 0 Å². The maximum absolute atomic E-state index is 12.5. The third kappa shape index (κ3) is 3.92. The molecule has 1 aliphatic heterocycles. The summed E-state index contributed by atoms with van der Waals surface area (Å²) in [6.45, 7) is 9.24. The Morgan fingerprint density at radius 1 is 0.960 bits per heavy atom. The fraction of sp³-hybridized carbons (Fsp3) is 0.400. The van der Waals surface area contributed by atoms with E-state index in [1.54, 1.807) is 11.1 Å². The number of pyridine rings is 1. The molecule has 2 aromatic rings.